The molecule has 2 heteroatoms. The molecule has 0 aromatic carbocycles. The first-order chi connectivity index (χ1) is 4.50. The third kappa shape index (κ3) is 3.47. The Kier molecular flexibility index (Phi) is 4.37. The summed E-state index contributed by atoms with van der Waals surface area (Å²) in [6.07, 6.45) is 0. The molecular formula is C8H19NS. The second-order valence-corrected chi connectivity index (χ2v) is 3.97. The van der Waals surface area contributed by atoms with Crippen LogP contribution in [0.4, 0.5) is 0 Å². The molecule has 0 unspecified atom stereocenters. The summed E-state index contributed by atoms with van der Waals surface area (Å²) in [6.45, 7) is 9.90. The van der Waals surface area contributed by atoms with E-state index in [2.05, 4.69) is 45.6 Å². The number of thiol groups is 1. The van der Waals surface area contributed by atoms with Crippen molar-refractivity contribution in [3.8, 4) is 0 Å². The smallest absolute Gasteiger partial charge is 0.0148 e. The van der Waals surface area contributed by atoms with E-state index in [1.807, 2.05) is 0 Å². The number of nitrogens with one attached hydrogen (secondary N) is 1. The highest BCUT2D eigenvalue weighted by Gasteiger charge is 2.19. The van der Waals surface area contributed by atoms with Gasteiger partial charge in [-0.3, -0.25) is 0 Å². The molecule has 0 spiro atoms. The molecule has 0 radical (unpaired) electrons. The lowest BCUT2D eigenvalue weighted by atomic mass is 9.91. The highest BCUT2D eigenvalue weighted by Crippen LogP contribution is 2.14. The predicted octanol–water partition coefficient (Wildman–Crippen LogP) is 1.94. The van der Waals surface area contributed by atoms with Crippen LogP contribution in [0.3, 0.4) is 0 Å². The van der Waals surface area contributed by atoms with Crippen molar-refractivity contribution in [2.24, 2.45) is 5.92 Å². The second-order valence-electron chi connectivity index (χ2n) is 3.53. The third-order valence-corrected chi connectivity index (χ3v) is 2.36. The van der Waals surface area contributed by atoms with Crippen LogP contribution in [0.15, 0.2) is 0 Å². The van der Waals surface area contributed by atoms with Crippen LogP contribution in [0.25, 0.3) is 0 Å². The zero-order valence-corrected chi connectivity index (χ0v) is 8.33. The fourth-order valence-corrected chi connectivity index (χ4v) is 0.694. The Hall–Kier alpha value is 0.310. The monoisotopic (exact) mass is 161 g/mol. The van der Waals surface area contributed by atoms with Crippen molar-refractivity contribution in [3.63, 3.8) is 0 Å². The maximum Gasteiger partial charge on any atom is 0.0148 e. The average molecular weight is 161 g/mol. The van der Waals surface area contributed by atoms with Crippen LogP contribution in [-0.4, -0.2) is 17.8 Å². The fraction of sp³-hybridized carbons (Fsp3) is 1.00. The summed E-state index contributed by atoms with van der Waals surface area (Å²) >= 11 is 4.14. The van der Waals surface area contributed by atoms with Crippen LogP contribution in [-0.2, 0) is 0 Å². The maximum absolute atomic E-state index is 4.14. The lowest BCUT2D eigenvalue weighted by Gasteiger charge is -2.30. The van der Waals surface area contributed by atoms with Crippen molar-refractivity contribution in [2.75, 3.05) is 12.3 Å². The summed E-state index contributed by atoms with van der Waals surface area (Å²) < 4.78 is 0. The van der Waals surface area contributed by atoms with Gasteiger partial charge in [-0.15, -0.1) is 0 Å². The number of rotatable bonds is 4. The first kappa shape index (κ1) is 10.3. The molecule has 0 aliphatic carbocycles. The number of hydrogen-bond donors (Lipinski definition) is 2. The Morgan fingerprint density at radius 1 is 1.40 bits per heavy atom. The second kappa shape index (κ2) is 4.24. The van der Waals surface area contributed by atoms with E-state index in [0.29, 0.717) is 5.92 Å². The summed E-state index contributed by atoms with van der Waals surface area (Å²) in [5.41, 5.74) is 0.253. The summed E-state index contributed by atoms with van der Waals surface area (Å²) in [5.74, 6) is 1.59. The standard InChI is InChI=1S/C8H19NS/c1-7(2)8(3,4)9-5-6-10/h7,9-10H,5-6H2,1-4H3. The van der Waals surface area contributed by atoms with Crippen LogP contribution >= 0.6 is 12.6 Å². The Labute approximate surface area is 70.0 Å². The van der Waals surface area contributed by atoms with Gasteiger partial charge in [0.05, 0.1) is 0 Å². The Bertz CT molecular complexity index is 89.3. The van der Waals surface area contributed by atoms with E-state index in [-0.39, 0.29) is 5.54 Å². The SMILES string of the molecule is CC(C)C(C)(C)NCCS. The Balaban J connectivity index is 3.63. The minimum Gasteiger partial charge on any atom is -0.311 e. The van der Waals surface area contributed by atoms with Gasteiger partial charge in [-0.05, 0) is 19.8 Å². The van der Waals surface area contributed by atoms with E-state index in [0.717, 1.165) is 12.3 Å². The third-order valence-electron chi connectivity index (χ3n) is 2.14. The highest BCUT2D eigenvalue weighted by molar-refractivity contribution is 7.80. The molecule has 0 heterocycles. The summed E-state index contributed by atoms with van der Waals surface area (Å²) in [7, 11) is 0. The first-order valence-electron chi connectivity index (χ1n) is 3.86. The summed E-state index contributed by atoms with van der Waals surface area (Å²) in [5, 5.41) is 3.43. The van der Waals surface area contributed by atoms with Gasteiger partial charge in [0.1, 0.15) is 0 Å². The van der Waals surface area contributed by atoms with Gasteiger partial charge in [-0.1, -0.05) is 13.8 Å². The molecular weight excluding hydrogens is 142 g/mol. The van der Waals surface area contributed by atoms with Crippen LogP contribution in [0.5, 0.6) is 0 Å². The minimum atomic E-state index is 0.253. The van der Waals surface area contributed by atoms with Crippen LogP contribution < -0.4 is 5.32 Å². The Morgan fingerprint density at radius 3 is 2.20 bits per heavy atom. The summed E-state index contributed by atoms with van der Waals surface area (Å²) in [4.78, 5) is 0. The number of hydrogen-bond acceptors (Lipinski definition) is 2. The molecule has 0 saturated carbocycles. The van der Waals surface area contributed by atoms with Crippen molar-refractivity contribution in [1.29, 1.82) is 0 Å². The quantitative estimate of drug-likeness (QED) is 0.601. The molecule has 0 aliphatic heterocycles. The average Bonchev–Trinajstić information content (AvgIpc) is 1.84. The van der Waals surface area contributed by atoms with Gasteiger partial charge in [0.2, 0.25) is 0 Å². The molecule has 10 heavy (non-hydrogen) atoms. The van der Waals surface area contributed by atoms with E-state index >= 15 is 0 Å². The lowest BCUT2D eigenvalue weighted by molar-refractivity contribution is 0.295. The van der Waals surface area contributed by atoms with Gasteiger partial charge in [-0.25, -0.2) is 0 Å². The van der Waals surface area contributed by atoms with Gasteiger partial charge in [-0.2, -0.15) is 12.6 Å². The topological polar surface area (TPSA) is 12.0 Å². The molecule has 0 rings (SSSR count). The van der Waals surface area contributed by atoms with Gasteiger partial charge in [0.25, 0.3) is 0 Å². The maximum atomic E-state index is 4.14. The predicted molar refractivity (Wildman–Crippen MR) is 50.8 cm³/mol. The molecule has 0 aromatic rings. The molecule has 0 amide bonds. The molecule has 0 bridgehead atoms. The van der Waals surface area contributed by atoms with E-state index in [1.165, 1.54) is 0 Å². The lowest BCUT2D eigenvalue weighted by Crippen LogP contribution is -2.44. The zero-order valence-electron chi connectivity index (χ0n) is 7.44. The molecule has 0 saturated heterocycles. The first-order valence-corrected chi connectivity index (χ1v) is 4.50. The van der Waals surface area contributed by atoms with Crippen molar-refractivity contribution >= 4 is 12.6 Å². The van der Waals surface area contributed by atoms with Crippen LogP contribution in [0, 0.1) is 5.92 Å². The molecule has 1 nitrogen and oxygen atoms in total. The molecule has 0 fully saturated rings. The molecule has 1 N–H and O–H groups in total. The zero-order chi connectivity index (χ0) is 8.20. The van der Waals surface area contributed by atoms with Crippen LogP contribution in [0.1, 0.15) is 27.7 Å². The normalized spacial score (nSPS) is 12.6. The molecule has 62 valence electrons. The molecule has 0 atom stereocenters. The summed E-state index contributed by atoms with van der Waals surface area (Å²) in [6, 6.07) is 0. The van der Waals surface area contributed by atoms with Crippen molar-refractivity contribution in [2.45, 2.75) is 33.2 Å². The van der Waals surface area contributed by atoms with E-state index in [9.17, 15) is 0 Å². The molecule has 0 aromatic heterocycles. The minimum absolute atomic E-state index is 0.253. The van der Waals surface area contributed by atoms with E-state index < -0.39 is 0 Å². The van der Waals surface area contributed by atoms with Gasteiger partial charge >= 0.3 is 0 Å². The van der Waals surface area contributed by atoms with Crippen molar-refractivity contribution in [1.82, 2.24) is 5.32 Å². The van der Waals surface area contributed by atoms with E-state index in [1.54, 1.807) is 0 Å². The van der Waals surface area contributed by atoms with E-state index in [4.69, 9.17) is 0 Å². The molecule has 0 aliphatic rings. The highest BCUT2D eigenvalue weighted by atomic mass is 32.1. The van der Waals surface area contributed by atoms with Gasteiger partial charge in [0, 0.05) is 17.8 Å². The Morgan fingerprint density at radius 2 is 1.90 bits per heavy atom. The largest absolute Gasteiger partial charge is 0.311 e. The van der Waals surface area contributed by atoms with Crippen LogP contribution in [0.2, 0.25) is 0 Å². The van der Waals surface area contributed by atoms with Gasteiger partial charge < -0.3 is 5.32 Å². The fourth-order valence-electron chi connectivity index (χ4n) is 0.582. The van der Waals surface area contributed by atoms with Gasteiger partial charge in [0.15, 0.2) is 0 Å². The van der Waals surface area contributed by atoms with Crippen molar-refractivity contribution in [3.05, 3.63) is 0 Å². The van der Waals surface area contributed by atoms with Crippen molar-refractivity contribution < 1.29 is 0 Å².